The second-order valence-electron chi connectivity index (χ2n) is 7.87. The highest BCUT2D eigenvalue weighted by molar-refractivity contribution is 7.88. The van der Waals surface area contributed by atoms with Gasteiger partial charge in [-0.3, -0.25) is 4.79 Å². The molecule has 3 rings (SSSR count). The SMILES string of the molecule is CS(=O)(=O)N1CCC(C(=O)N2CCC(COc3cccc(C(F)(F)F)n3)CC2)CC1. The van der Waals surface area contributed by atoms with Crippen LogP contribution in [0.2, 0.25) is 0 Å². The number of sulfonamides is 1. The lowest BCUT2D eigenvalue weighted by Crippen LogP contribution is -2.46. The van der Waals surface area contributed by atoms with Crippen LogP contribution in [0.5, 0.6) is 5.88 Å². The number of carbonyl (C=O) groups excluding carboxylic acids is 1. The summed E-state index contributed by atoms with van der Waals surface area (Å²) in [5, 5.41) is 0. The zero-order chi connectivity index (χ0) is 21.9. The molecule has 3 heterocycles. The Bertz CT molecular complexity index is 847. The van der Waals surface area contributed by atoms with Crippen LogP contribution in [0.1, 0.15) is 31.4 Å². The normalized spacial score (nSPS) is 20.3. The number of carbonyl (C=O) groups is 1. The Labute approximate surface area is 174 Å². The van der Waals surface area contributed by atoms with E-state index in [1.54, 1.807) is 4.90 Å². The molecule has 2 saturated heterocycles. The van der Waals surface area contributed by atoms with Crippen LogP contribution < -0.4 is 4.74 Å². The number of alkyl halides is 3. The molecule has 2 aliphatic heterocycles. The summed E-state index contributed by atoms with van der Waals surface area (Å²) in [5.74, 6) is -0.0226. The number of likely N-dealkylation sites (tertiary alicyclic amines) is 1. The maximum atomic E-state index is 12.7. The molecule has 0 saturated carbocycles. The van der Waals surface area contributed by atoms with Gasteiger partial charge in [-0.25, -0.2) is 17.7 Å². The minimum atomic E-state index is -4.51. The first-order valence-electron chi connectivity index (χ1n) is 9.95. The van der Waals surface area contributed by atoms with Crippen molar-refractivity contribution in [2.24, 2.45) is 11.8 Å². The molecule has 2 fully saturated rings. The lowest BCUT2D eigenvalue weighted by molar-refractivity contribution is -0.141. The summed E-state index contributed by atoms with van der Waals surface area (Å²) in [6.45, 7) is 2.11. The molecule has 0 aliphatic carbocycles. The number of halogens is 3. The highest BCUT2D eigenvalue weighted by atomic mass is 32.2. The van der Waals surface area contributed by atoms with Gasteiger partial charge >= 0.3 is 6.18 Å². The molecule has 0 atom stereocenters. The van der Waals surface area contributed by atoms with Gasteiger partial charge in [0.25, 0.3) is 0 Å². The molecular formula is C19H26F3N3O4S. The van der Waals surface area contributed by atoms with E-state index >= 15 is 0 Å². The standard InChI is InChI=1S/C19H26F3N3O4S/c1-30(27,28)25-11-7-15(8-12-25)18(26)24-9-5-14(6-10-24)13-29-17-4-2-3-16(23-17)19(20,21)22/h2-4,14-15H,5-13H2,1H3. The van der Waals surface area contributed by atoms with E-state index in [1.165, 1.54) is 22.7 Å². The first-order valence-corrected chi connectivity index (χ1v) is 11.8. The molecule has 1 amide bonds. The van der Waals surface area contributed by atoms with E-state index in [0.717, 1.165) is 6.07 Å². The first kappa shape index (κ1) is 22.8. The summed E-state index contributed by atoms with van der Waals surface area (Å²) in [6, 6.07) is 3.57. The van der Waals surface area contributed by atoms with Crippen LogP contribution in [0.25, 0.3) is 0 Å². The summed E-state index contributed by atoms with van der Waals surface area (Å²) in [4.78, 5) is 18.0. The quantitative estimate of drug-likeness (QED) is 0.690. The molecule has 0 aromatic carbocycles. The molecule has 0 spiro atoms. The lowest BCUT2D eigenvalue weighted by atomic mass is 9.93. The maximum Gasteiger partial charge on any atom is 0.433 e. The van der Waals surface area contributed by atoms with E-state index < -0.39 is 21.9 Å². The van der Waals surface area contributed by atoms with Gasteiger partial charge in [-0.2, -0.15) is 13.2 Å². The van der Waals surface area contributed by atoms with Crippen molar-refractivity contribution >= 4 is 15.9 Å². The predicted octanol–water partition coefficient (Wildman–Crippen LogP) is 2.39. The fourth-order valence-electron chi connectivity index (χ4n) is 3.87. The predicted molar refractivity (Wildman–Crippen MR) is 103 cm³/mol. The van der Waals surface area contributed by atoms with Crippen molar-refractivity contribution < 1.29 is 31.1 Å². The molecule has 168 valence electrons. The van der Waals surface area contributed by atoms with Gasteiger partial charge in [-0.15, -0.1) is 0 Å². The van der Waals surface area contributed by atoms with Gasteiger partial charge in [0.2, 0.25) is 21.8 Å². The van der Waals surface area contributed by atoms with Crippen LogP contribution >= 0.6 is 0 Å². The van der Waals surface area contributed by atoms with E-state index in [2.05, 4.69) is 4.98 Å². The zero-order valence-corrected chi connectivity index (χ0v) is 17.6. The van der Waals surface area contributed by atoms with Gasteiger partial charge in [0.05, 0.1) is 12.9 Å². The Morgan fingerprint density at radius 3 is 2.33 bits per heavy atom. The van der Waals surface area contributed by atoms with Crippen LogP contribution in [0.4, 0.5) is 13.2 Å². The molecule has 11 heteroatoms. The Morgan fingerprint density at radius 2 is 1.77 bits per heavy atom. The fourth-order valence-corrected chi connectivity index (χ4v) is 4.74. The van der Waals surface area contributed by atoms with Crippen LogP contribution in [-0.4, -0.2) is 67.6 Å². The smallest absolute Gasteiger partial charge is 0.433 e. The van der Waals surface area contributed by atoms with Crippen molar-refractivity contribution in [2.45, 2.75) is 31.9 Å². The molecule has 0 N–H and O–H groups in total. The van der Waals surface area contributed by atoms with Gasteiger partial charge in [0.1, 0.15) is 5.69 Å². The number of piperidine rings is 2. The number of nitrogens with zero attached hydrogens (tertiary/aromatic N) is 3. The minimum absolute atomic E-state index is 0.0547. The Kier molecular flexibility index (Phi) is 6.91. The van der Waals surface area contributed by atoms with Crippen molar-refractivity contribution in [3.8, 4) is 5.88 Å². The molecular weight excluding hydrogens is 423 g/mol. The third kappa shape index (κ3) is 5.84. The molecule has 0 unspecified atom stereocenters. The molecule has 7 nitrogen and oxygen atoms in total. The summed E-state index contributed by atoms with van der Waals surface area (Å²) in [5.41, 5.74) is -0.984. The average Bonchev–Trinajstić information content (AvgIpc) is 2.71. The van der Waals surface area contributed by atoms with Gasteiger partial charge in [0, 0.05) is 38.2 Å². The summed E-state index contributed by atoms with van der Waals surface area (Å²) in [6.07, 6.45) is -0.883. The van der Waals surface area contributed by atoms with Crippen molar-refractivity contribution in [3.05, 3.63) is 23.9 Å². The molecule has 0 bridgehead atoms. The lowest BCUT2D eigenvalue weighted by Gasteiger charge is -2.36. The summed E-state index contributed by atoms with van der Waals surface area (Å²) < 4.78 is 68.2. The minimum Gasteiger partial charge on any atom is -0.477 e. The first-order chi connectivity index (χ1) is 14.0. The van der Waals surface area contributed by atoms with Gasteiger partial charge in [-0.1, -0.05) is 6.07 Å². The number of amides is 1. The third-order valence-electron chi connectivity index (χ3n) is 5.68. The van der Waals surface area contributed by atoms with Gasteiger partial charge in [0.15, 0.2) is 0 Å². The Morgan fingerprint density at radius 1 is 1.13 bits per heavy atom. The second-order valence-corrected chi connectivity index (χ2v) is 9.86. The van der Waals surface area contributed by atoms with Crippen molar-refractivity contribution in [2.75, 3.05) is 39.0 Å². The van der Waals surface area contributed by atoms with Crippen LogP contribution in [0, 0.1) is 11.8 Å². The topological polar surface area (TPSA) is 79.8 Å². The van der Waals surface area contributed by atoms with Gasteiger partial charge in [-0.05, 0) is 37.7 Å². The van der Waals surface area contributed by atoms with Crippen molar-refractivity contribution in [3.63, 3.8) is 0 Å². The van der Waals surface area contributed by atoms with Crippen LogP contribution in [0.3, 0.4) is 0 Å². The van der Waals surface area contributed by atoms with E-state index in [4.69, 9.17) is 4.74 Å². The maximum absolute atomic E-state index is 12.7. The van der Waals surface area contributed by atoms with Gasteiger partial charge < -0.3 is 9.64 Å². The third-order valence-corrected chi connectivity index (χ3v) is 6.98. The number of ether oxygens (including phenoxy) is 1. The fraction of sp³-hybridized carbons (Fsp3) is 0.684. The second kappa shape index (κ2) is 9.09. The molecule has 30 heavy (non-hydrogen) atoms. The number of hydrogen-bond donors (Lipinski definition) is 0. The van der Waals surface area contributed by atoms with E-state index in [-0.39, 0.29) is 30.2 Å². The number of pyridine rings is 1. The van der Waals surface area contributed by atoms with Crippen molar-refractivity contribution in [1.82, 2.24) is 14.2 Å². The van der Waals surface area contributed by atoms with Crippen LogP contribution in [-0.2, 0) is 21.0 Å². The molecule has 1 aromatic rings. The van der Waals surface area contributed by atoms with E-state index in [9.17, 15) is 26.4 Å². The van der Waals surface area contributed by atoms with E-state index in [0.29, 0.717) is 51.9 Å². The number of rotatable bonds is 5. The number of aromatic nitrogens is 1. The highest BCUT2D eigenvalue weighted by Gasteiger charge is 2.34. The summed E-state index contributed by atoms with van der Waals surface area (Å²) in [7, 11) is -3.22. The van der Waals surface area contributed by atoms with Crippen molar-refractivity contribution in [1.29, 1.82) is 0 Å². The zero-order valence-electron chi connectivity index (χ0n) is 16.8. The monoisotopic (exact) mass is 449 g/mol. The molecule has 0 radical (unpaired) electrons. The number of hydrogen-bond acceptors (Lipinski definition) is 5. The van der Waals surface area contributed by atoms with E-state index in [1.807, 2.05) is 0 Å². The largest absolute Gasteiger partial charge is 0.477 e. The average molecular weight is 449 g/mol. The Balaban J connectivity index is 1.43. The Hall–Kier alpha value is -1.88. The molecule has 1 aromatic heterocycles. The highest BCUT2D eigenvalue weighted by Crippen LogP contribution is 2.29. The molecule has 2 aliphatic rings. The summed E-state index contributed by atoms with van der Waals surface area (Å²) >= 11 is 0. The van der Waals surface area contributed by atoms with Crippen LogP contribution in [0.15, 0.2) is 18.2 Å².